The van der Waals surface area contributed by atoms with Crippen molar-refractivity contribution in [3.05, 3.63) is 48.0 Å². The van der Waals surface area contributed by atoms with Gasteiger partial charge in [0.05, 0.1) is 12.6 Å². The molecule has 0 aromatic heterocycles. The summed E-state index contributed by atoms with van der Waals surface area (Å²) in [6.45, 7) is 2.35. The van der Waals surface area contributed by atoms with Crippen LogP contribution in [0.3, 0.4) is 0 Å². The molecule has 3 rings (SSSR count). The third kappa shape index (κ3) is 3.15. The quantitative estimate of drug-likeness (QED) is 0.849. The maximum atomic E-state index is 12.5. The van der Waals surface area contributed by atoms with Crippen molar-refractivity contribution in [3.63, 3.8) is 0 Å². The molecule has 2 aromatic carbocycles. The summed E-state index contributed by atoms with van der Waals surface area (Å²) in [6.07, 6.45) is 1.74. The van der Waals surface area contributed by atoms with Crippen LogP contribution in [0.15, 0.2) is 42.5 Å². The zero-order valence-corrected chi connectivity index (χ0v) is 13.7. The van der Waals surface area contributed by atoms with Gasteiger partial charge in [-0.2, -0.15) is 0 Å². The van der Waals surface area contributed by atoms with Crippen molar-refractivity contribution in [1.82, 2.24) is 10.2 Å². The van der Waals surface area contributed by atoms with E-state index in [2.05, 4.69) is 5.32 Å². The Morgan fingerprint density at radius 2 is 1.96 bits per heavy atom. The Kier molecular flexibility index (Phi) is 4.60. The smallest absolute Gasteiger partial charge is 0.252 e. The first-order valence-electron chi connectivity index (χ1n) is 8.18. The van der Waals surface area contributed by atoms with Crippen LogP contribution >= 0.6 is 0 Å². The Labute approximate surface area is 141 Å². The van der Waals surface area contributed by atoms with Crippen molar-refractivity contribution in [2.45, 2.75) is 25.8 Å². The van der Waals surface area contributed by atoms with E-state index in [1.807, 2.05) is 36.4 Å². The van der Waals surface area contributed by atoms with Crippen LogP contribution in [-0.2, 0) is 4.79 Å². The summed E-state index contributed by atoms with van der Waals surface area (Å²) in [4.78, 5) is 26.5. The third-order valence-corrected chi connectivity index (χ3v) is 4.51. The number of nitrogens with zero attached hydrogens (tertiary/aromatic N) is 1. The van der Waals surface area contributed by atoms with E-state index in [1.54, 1.807) is 17.9 Å². The number of fused-ring (bicyclic) bond motifs is 1. The molecule has 5 nitrogen and oxygen atoms in total. The minimum absolute atomic E-state index is 0.0359. The van der Waals surface area contributed by atoms with Crippen LogP contribution < -0.4 is 5.32 Å². The van der Waals surface area contributed by atoms with E-state index in [-0.39, 0.29) is 24.4 Å². The Bertz CT molecular complexity index is 795. The number of hydrogen-bond acceptors (Lipinski definition) is 3. The number of nitrogens with one attached hydrogen (secondary N) is 2. The lowest BCUT2D eigenvalue weighted by Gasteiger charge is -2.24. The second kappa shape index (κ2) is 6.83. The molecule has 0 aliphatic carbocycles. The molecule has 1 saturated heterocycles. The van der Waals surface area contributed by atoms with Gasteiger partial charge in [-0.1, -0.05) is 36.4 Å². The topological polar surface area (TPSA) is 73.3 Å². The number of carbonyl (C=O) groups excluding carboxylic acids is 2. The minimum atomic E-state index is -0.248. The third-order valence-electron chi connectivity index (χ3n) is 4.51. The van der Waals surface area contributed by atoms with Gasteiger partial charge in [-0.15, -0.1) is 0 Å². The molecule has 2 aromatic rings. The lowest BCUT2D eigenvalue weighted by Crippen LogP contribution is -2.44. The van der Waals surface area contributed by atoms with Gasteiger partial charge in [-0.05, 0) is 36.6 Å². The minimum Gasteiger partial charge on any atom is -0.343 e. The number of carbonyl (C=O) groups is 2. The van der Waals surface area contributed by atoms with E-state index < -0.39 is 0 Å². The molecule has 0 radical (unpaired) electrons. The van der Waals surface area contributed by atoms with Crippen LogP contribution in [0.25, 0.3) is 10.8 Å². The highest BCUT2D eigenvalue weighted by Gasteiger charge is 2.30. The van der Waals surface area contributed by atoms with Crippen LogP contribution in [-0.4, -0.2) is 41.6 Å². The molecular weight excluding hydrogens is 302 g/mol. The summed E-state index contributed by atoms with van der Waals surface area (Å²) < 4.78 is 0. The fraction of sp³-hybridized carbons (Fsp3) is 0.316. The van der Waals surface area contributed by atoms with E-state index >= 15 is 0 Å². The number of likely N-dealkylation sites (tertiary alicyclic amines) is 1. The second-order valence-electron chi connectivity index (χ2n) is 6.14. The highest BCUT2D eigenvalue weighted by Crippen LogP contribution is 2.19. The molecule has 24 heavy (non-hydrogen) atoms. The van der Waals surface area contributed by atoms with E-state index in [0.29, 0.717) is 17.8 Å². The van der Waals surface area contributed by atoms with Gasteiger partial charge in [0.25, 0.3) is 5.91 Å². The number of rotatable bonds is 4. The first-order chi connectivity index (χ1) is 11.6. The molecule has 0 bridgehead atoms. The molecule has 0 saturated carbocycles. The lowest BCUT2D eigenvalue weighted by molar-refractivity contribution is -0.129. The summed E-state index contributed by atoms with van der Waals surface area (Å²) in [7, 11) is 0. The van der Waals surface area contributed by atoms with Gasteiger partial charge in [-0.25, -0.2) is 0 Å². The number of benzene rings is 2. The largest absolute Gasteiger partial charge is 0.343 e. The molecule has 1 aliphatic rings. The Morgan fingerprint density at radius 3 is 2.75 bits per heavy atom. The molecule has 0 spiro atoms. The predicted molar refractivity (Wildman–Crippen MR) is 94.4 cm³/mol. The van der Waals surface area contributed by atoms with Gasteiger partial charge in [0.2, 0.25) is 5.91 Å². The predicted octanol–water partition coefficient (Wildman–Crippen LogP) is 2.60. The van der Waals surface area contributed by atoms with Crippen molar-refractivity contribution in [3.8, 4) is 0 Å². The van der Waals surface area contributed by atoms with Crippen LogP contribution in [0.5, 0.6) is 0 Å². The summed E-state index contributed by atoms with van der Waals surface area (Å²) in [5, 5.41) is 12.4. The summed E-state index contributed by atoms with van der Waals surface area (Å²) in [5.74, 6) is -0.375. The van der Waals surface area contributed by atoms with E-state index in [9.17, 15) is 9.59 Å². The van der Waals surface area contributed by atoms with Gasteiger partial charge >= 0.3 is 0 Å². The monoisotopic (exact) mass is 323 g/mol. The van der Waals surface area contributed by atoms with E-state index in [1.165, 1.54) is 0 Å². The van der Waals surface area contributed by atoms with Crippen LogP contribution in [0.4, 0.5) is 0 Å². The summed E-state index contributed by atoms with van der Waals surface area (Å²) in [6, 6.07) is 13.1. The van der Waals surface area contributed by atoms with Crippen LogP contribution in [0.1, 0.15) is 30.1 Å². The Balaban J connectivity index is 1.69. The summed E-state index contributed by atoms with van der Waals surface area (Å²) >= 11 is 0. The highest BCUT2D eigenvalue weighted by molar-refractivity contribution is 6.07. The standard InChI is InChI=1S/C19H21N3O2/c1-13(20)17-10-5-11-22(17)18(23)12-21-19(24)16-9-4-7-14-6-2-3-8-15(14)16/h2-4,6-9,17,20H,5,10-12H2,1H3,(H,21,24)/t17-/m0/s1. The molecule has 1 aliphatic heterocycles. The average Bonchev–Trinajstić information content (AvgIpc) is 3.09. The van der Waals surface area contributed by atoms with Gasteiger partial charge in [0, 0.05) is 17.8 Å². The lowest BCUT2D eigenvalue weighted by atomic mass is 10.0. The highest BCUT2D eigenvalue weighted by atomic mass is 16.2. The average molecular weight is 323 g/mol. The van der Waals surface area contributed by atoms with Gasteiger partial charge in [-0.3, -0.25) is 9.59 Å². The van der Waals surface area contributed by atoms with Crippen molar-refractivity contribution in [2.75, 3.05) is 13.1 Å². The Hall–Kier alpha value is -2.69. The van der Waals surface area contributed by atoms with Crippen molar-refractivity contribution in [2.24, 2.45) is 0 Å². The van der Waals surface area contributed by atoms with Crippen molar-refractivity contribution in [1.29, 1.82) is 5.41 Å². The van der Waals surface area contributed by atoms with Crippen molar-refractivity contribution < 1.29 is 9.59 Å². The van der Waals surface area contributed by atoms with Gasteiger partial charge in [0.1, 0.15) is 0 Å². The van der Waals surface area contributed by atoms with Crippen LogP contribution in [0, 0.1) is 5.41 Å². The molecular formula is C19H21N3O2. The molecule has 0 unspecified atom stereocenters. The molecule has 2 N–H and O–H groups in total. The number of hydrogen-bond donors (Lipinski definition) is 2. The summed E-state index contributed by atoms with van der Waals surface area (Å²) in [5.41, 5.74) is 1.07. The first kappa shape index (κ1) is 16.2. The number of amides is 2. The fourth-order valence-corrected chi connectivity index (χ4v) is 3.29. The zero-order valence-electron chi connectivity index (χ0n) is 13.7. The molecule has 1 atom stereocenters. The van der Waals surface area contributed by atoms with Gasteiger partial charge < -0.3 is 15.6 Å². The maximum absolute atomic E-state index is 12.5. The normalized spacial score (nSPS) is 17.0. The molecule has 1 fully saturated rings. The molecule has 124 valence electrons. The SMILES string of the molecule is CC(=N)[C@@H]1CCCN1C(=O)CNC(=O)c1cccc2ccccc12. The Morgan fingerprint density at radius 1 is 1.21 bits per heavy atom. The molecule has 5 heteroatoms. The molecule has 2 amide bonds. The first-order valence-corrected chi connectivity index (χ1v) is 8.18. The second-order valence-corrected chi connectivity index (χ2v) is 6.14. The van der Waals surface area contributed by atoms with E-state index in [0.717, 1.165) is 23.6 Å². The molecule has 1 heterocycles. The van der Waals surface area contributed by atoms with Gasteiger partial charge in [0.15, 0.2) is 0 Å². The van der Waals surface area contributed by atoms with Crippen molar-refractivity contribution >= 4 is 28.3 Å². The zero-order chi connectivity index (χ0) is 17.1. The van der Waals surface area contributed by atoms with E-state index in [4.69, 9.17) is 5.41 Å². The fourth-order valence-electron chi connectivity index (χ4n) is 3.29. The maximum Gasteiger partial charge on any atom is 0.252 e. The van der Waals surface area contributed by atoms with Crippen LogP contribution in [0.2, 0.25) is 0 Å².